The van der Waals surface area contributed by atoms with E-state index in [4.69, 9.17) is 0 Å². The van der Waals surface area contributed by atoms with Gasteiger partial charge in [0.1, 0.15) is 5.69 Å². The summed E-state index contributed by atoms with van der Waals surface area (Å²) in [6.45, 7) is 1.39. The lowest BCUT2D eigenvalue weighted by Crippen LogP contribution is -2.48. The number of carbonyl (C=O) groups excluding carboxylic acids is 3. The molecule has 0 spiro atoms. The first-order chi connectivity index (χ1) is 14.9. The average Bonchev–Trinajstić information content (AvgIpc) is 2.76. The number of aromatic nitrogens is 1. The second-order valence-electron chi connectivity index (χ2n) is 7.43. The van der Waals surface area contributed by atoms with Crippen LogP contribution in [0.25, 0.3) is 10.9 Å². The summed E-state index contributed by atoms with van der Waals surface area (Å²) in [4.78, 5) is 41.3. The van der Waals surface area contributed by atoms with Crippen LogP contribution in [0.5, 0.6) is 0 Å². The van der Waals surface area contributed by atoms with Crippen LogP contribution < -0.4 is 10.7 Å². The molecule has 3 aromatic rings. The third-order valence-electron chi connectivity index (χ3n) is 4.81. The van der Waals surface area contributed by atoms with Crippen molar-refractivity contribution >= 4 is 28.4 Å². The van der Waals surface area contributed by atoms with Gasteiger partial charge in [-0.3, -0.25) is 25.1 Å². The van der Waals surface area contributed by atoms with Gasteiger partial charge in [-0.05, 0) is 24.1 Å². The fourth-order valence-corrected chi connectivity index (χ4v) is 3.33. The molecule has 1 atom stereocenters. The van der Waals surface area contributed by atoms with Crippen LogP contribution in [0.3, 0.4) is 0 Å². The van der Waals surface area contributed by atoms with Gasteiger partial charge in [0.15, 0.2) is 11.6 Å². The largest absolute Gasteiger partial charge is 0.300 e. The third kappa shape index (κ3) is 6.53. The van der Waals surface area contributed by atoms with Gasteiger partial charge in [0.05, 0.1) is 24.6 Å². The van der Waals surface area contributed by atoms with Crippen molar-refractivity contribution in [3.05, 3.63) is 78.0 Å². The number of hydrogen-bond donors (Lipinski definition) is 2. The SMILES string of the molecule is CC(=O)NN(C)CC(=O)C(Cc1ccccc1)NCC(=O)c1ccc2ccccc2n1. The minimum atomic E-state index is -0.581. The summed E-state index contributed by atoms with van der Waals surface area (Å²) in [5.41, 5.74) is 4.65. The molecule has 0 aliphatic heterocycles. The first kappa shape index (κ1) is 22.3. The molecule has 31 heavy (non-hydrogen) atoms. The molecule has 0 aliphatic rings. The molecular weight excluding hydrogens is 392 g/mol. The Bertz CT molecular complexity index is 1070. The molecule has 0 saturated carbocycles. The maximum atomic E-state index is 12.9. The number of fused-ring (bicyclic) bond motifs is 1. The van der Waals surface area contributed by atoms with Crippen molar-refractivity contribution in [2.45, 2.75) is 19.4 Å². The number of hydrogen-bond acceptors (Lipinski definition) is 6. The van der Waals surface area contributed by atoms with Gasteiger partial charge in [-0.1, -0.05) is 54.6 Å². The molecule has 0 aliphatic carbocycles. The van der Waals surface area contributed by atoms with Crippen molar-refractivity contribution in [3.63, 3.8) is 0 Å². The van der Waals surface area contributed by atoms with Gasteiger partial charge >= 0.3 is 0 Å². The molecule has 2 aromatic carbocycles. The fraction of sp³-hybridized carbons (Fsp3) is 0.250. The van der Waals surface area contributed by atoms with Crippen LogP contribution in [-0.2, 0) is 16.0 Å². The van der Waals surface area contributed by atoms with Crippen LogP contribution in [0.1, 0.15) is 23.0 Å². The lowest BCUT2D eigenvalue weighted by Gasteiger charge is -2.22. The Labute approximate surface area is 181 Å². The Morgan fingerprint density at radius 1 is 0.968 bits per heavy atom. The monoisotopic (exact) mass is 418 g/mol. The molecule has 1 heterocycles. The number of hydrazine groups is 1. The molecule has 0 saturated heterocycles. The molecule has 0 radical (unpaired) electrons. The number of benzene rings is 2. The highest BCUT2D eigenvalue weighted by molar-refractivity contribution is 5.98. The Hall–Kier alpha value is -3.42. The topological polar surface area (TPSA) is 91.4 Å². The Balaban J connectivity index is 1.69. The van der Waals surface area contributed by atoms with E-state index in [-0.39, 0.29) is 30.6 Å². The smallest absolute Gasteiger partial charge is 0.231 e. The Morgan fingerprint density at radius 2 is 1.68 bits per heavy atom. The average molecular weight is 418 g/mol. The summed E-state index contributed by atoms with van der Waals surface area (Å²) < 4.78 is 0. The number of amides is 1. The van der Waals surface area contributed by atoms with E-state index < -0.39 is 6.04 Å². The molecule has 1 aromatic heterocycles. The second-order valence-corrected chi connectivity index (χ2v) is 7.43. The van der Waals surface area contributed by atoms with Crippen LogP contribution in [0, 0.1) is 0 Å². The summed E-state index contributed by atoms with van der Waals surface area (Å²) in [6.07, 6.45) is 0.437. The highest BCUT2D eigenvalue weighted by atomic mass is 16.2. The van der Waals surface area contributed by atoms with Crippen LogP contribution in [0.15, 0.2) is 66.7 Å². The number of carbonyl (C=O) groups is 3. The molecule has 1 amide bonds. The van der Waals surface area contributed by atoms with E-state index >= 15 is 0 Å². The first-order valence-electron chi connectivity index (χ1n) is 10.1. The normalized spacial score (nSPS) is 12.0. The second kappa shape index (κ2) is 10.6. The third-order valence-corrected chi connectivity index (χ3v) is 4.81. The van der Waals surface area contributed by atoms with Gasteiger partial charge in [-0.25, -0.2) is 9.99 Å². The fourth-order valence-electron chi connectivity index (χ4n) is 3.33. The zero-order valence-corrected chi connectivity index (χ0v) is 17.7. The number of pyridine rings is 1. The van der Waals surface area contributed by atoms with E-state index in [0.717, 1.165) is 16.5 Å². The number of nitrogens with zero attached hydrogens (tertiary/aromatic N) is 2. The van der Waals surface area contributed by atoms with Crippen LogP contribution in [0.2, 0.25) is 0 Å². The quantitative estimate of drug-likeness (QED) is 0.387. The molecule has 0 bridgehead atoms. The van der Waals surface area contributed by atoms with E-state index in [1.54, 1.807) is 13.1 Å². The summed E-state index contributed by atoms with van der Waals surface area (Å²) in [5.74, 6) is -0.563. The maximum Gasteiger partial charge on any atom is 0.231 e. The summed E-state index contributed by atoms with van der Waals surface area (Å²) in [7, 11) is 1.63. The van der Waals surface area contributed by atoms with Gasteiger partial charge in [-0.15, -0.1) is 0 Å². The van der Waals surface area contributed by atoms with Crippen molar-refractivity contribution in [3.8, 4) is 0 Å². The predicted molar refractivity (Wildman–Crippen MR) is 119 cm³/mol. The highest BCUT2D eigenvalue weighted by Gasteiger charge is 2.22. The van der Waals surface area contributed by atoms with Gasteiger partial charge in [0.2, 0.25) is 5.91 Å². The number of nitrogens with one attached hydrogen (secondary N) is 2. The van der Waals surface area contributed by atoms with E-state index in [2.05, 4.69) is 15.7 Å². The predicted octanol–water partition coefficient (Wildman–Crippen LogP) is 2.17. The number of Topliss-reactive ketones (excluding diaryl/α,β-unsaturated/α-hetero) is 2. The lowest BCUT2D eigenvalue weighted by molar-refractivity contribution is -0.126. The summed E-state index contributed by atoms with van der Waals surface area (Å²) >= 11 is 0. The maximum absolute atomic E-state index is 12.9. The molecule has 7 nitrogen and oxygen atoms in total. The van der Waals surface area contributed by atoms with Gasteiger partial charge < -0.3 is 0 Å². The first-order valence-corrected chi connectivity index (χ1v) is 10.1. The zero-order chi connectivity index (χ0) is 22.2. The molecule has 160 valence electrons. The lowest BCUT2D eigenvalue weighted by atomic mass is 10.0. The van der Waals surface area contributed by atoms with E-state index in [1.165, 1.54) is 11.9 Å². The standard InChI is InChI=1S/C24H26N4O3/c1-17(29)27-28(2)16-24(31)22(14-18-8-4-3-5-9-18)25-15-23(30)21-13-12-19-10-6-7-11-20(19)26-21/h3-13,22,25H,14-16H2,1-2H3,(H,27,29). The molecule has 1 unspecified atom stereocenters. The van der Waals surface area contributed by atoms with E-state index in [1.807, 2.05) is 60.7 Å². The van der Waals surface area contributed by atoms with Crippen molar-refractivity contribution < 1.29 is 14.4 Å². The minimum Gasteiger partial charge on any atom is -0.300 e. The number of ketones is 2. The summed E-state index contributed by atoms with van der Waals surface area (Å²) in [5, 5.41) is 5.50. The Morgan fingerprint density at radius 3 is 2.42 bits per heavy atom. The van der Waals surface area contributed by atoms with Crippen LogP contribution in [-0.4, -0.2) is 53.6 Å². The number of para-hydroxylation sites is 1. The molecule has 0 fully saturated rings. The van der Waals surface area contributed by atoms with Gasteiger partial charge in [0.25, 0.3) is 0 Å². The Kier molecular flexibility index (Phi) is 7.59. The summed E-state index contributed by atoms with van der Waals surface area (Å²) in [6, 6.07) is 20.2. The number of likely N-dealkylation sites (N-methyl/N-ethyl adjacent to an activating group) is 1. The van der Waals surface area contributed by atoms with Crippen molar-refractivity contribution in [2.75, 3.05) is 20.1 Å². The molecule has 3 rings (SSSR count). The van der Waals surface area contributed by atoms with Gasteiger partial charge in [0, 0.05) is 19.4 Å². The highest BCUT2D eigenvalue weighted by Crippen LogP contribution is 2.12. The minimum absolute atomic E-state index is 0.0154. The zero-order valence-electron chi connectivity index (χ0n) is 17.7. The van der Waals surface area contributed by atoms with Crippen molar-refractivity contribution in [1.29, 1.82) is 0 Å². The van der Waals surface area contributed by atoms with E-state index in [0.29, 0.717) is 12.1 Å². The van der Waals surface area contributed by atoms with E-state index in [9.17, 15) is 14.4 Å². The van der Waals surface area contributed by atoms with Gasteiger partial charge in [-0.2, -0.15) is 0 Å². The van der Waals surface area contributed by atoms with Crippen LogP contribution in [0.4, 0.5) is 0 Å². The molecule has 2 N–H and O–H groups in total. The van der Waals surface area contributed by atoms with Crippen molar-refractivity contribution in [1.82, 2.24) is 20.7 Å². The molecular formula is C24H26N4O3. The molecule has 7 heteroatoms. The van der Waals surface area contributed by atoms with Crippen molar-refractivity contribution in [2.24, 2.45) is 0 Å². The number of rotatable bonds is 10. The van der Waals surface area contributed by atoms with Crippen LogP contribution >= 0.6 is 0 Å².